The molecule has 0 aliphatic heterocycles. The van der Waals surface area contributed by atoms with Crippen molar-refractivity contribution < 1.29 is 0 Å². The van der Waals surface area contributed by atoms with Gasteiger partial charge in [-0.3, -0.25) is 0 Å². The third-order valence-corrected chi connectivity index (χ3v) is 3.51. The van der Waals surface area contributed by atoms with Crippen molar-refractivity contribution >= 4 is 0 Å². The van der Waals surface area contributed by atoms with Gasteiger partial charge in [-0.15, -0.1) is 0 Å². The van der Waals surface area contributed by atoms with Crippen molar-refractivity contribution in [1.29, 1.82) is 0 Å². The zero-order valence-corrected chi connectivity index (χ0v) is 8.63. The largest absolute Gasteiger partial charge is 0.0840 e. The molecule has 2 rings (SSSR count). The Labute approximate surface area is 81.7 Å². The summed E-state index contributed by atoms with van der Waals surface area (Å²) in [5.41, 5.74) is 1.64. The van der Waals surface area contributed by atoms with Gasteiger partial charge < -0.3 is 0 Å². The third-order valence-electron chi connectivity index (χ3n) is 3.51. The molecule has 0 aromatic carbocycles. The van der Waals surface area contributed by atoms with E-state index in [2.05, 4.69) is 25.2 Å². The summed E-state index contributed by atoms with van der Waals surface area (Å²) in [5.74, 6) is 1.87. The Kier molecular flexibility index (Phi) is 2.87. The van der Waals surface area contributed by atoms with E-state index in [1.807, 2.05) is 0 Å². The van der Waals surface area contributed by atoms with Crippen molar-refractivity contribution in [3.63, 3.8) is 0 Å². The molecule has 0 bridgehead atoms. The highest BCUT2D eigenvalue weighted by atomic mass is 14.3. The highest BCUT2D eigenvalue weighted by Crippen LogP contribution is 2.34. The van der Waals surface area contributed by atoms with Crippen LogP contribution in [-0.2, 0) is 0 Å². The van der Waals surface area contributed by atoms with Crippen LogP contribution in [0.15, 0.2) is 23.8 Å². The van der Waals surface area contributed by atoms with Gasteiger partial charge >= 0.3 is 0 Å². The van der Waals surface area contributed by atoms with E-state index in [0.29, 0.717) is 0 Å². The molecular weight excluding hydrogens is 156 g/mol. The summed E-state index contributed by atoms with van der Waals surface area (Å²) in [6.45, 7) is 2.39. The van der Waals surface area contributed by atoms with Crippen LogP contribution in [0.5, 0.6) is 0 Å². The highest BCUT2D eigenvalue weighted by molar-refractivity contribution is 5.25. The van der Waals surface area contributed by atoms with E-state index in [0.717, 1.165) is 11.8 Å². The maximum atomic E-state index is 2.46. The Hall–Kier alpha value is -0.520. The molecule has 2 aliphatic carbocycles. The summed E-state index contributed by atoms with van der Waals surface area (Å²) in [6, 6.07) is 0. The minimum atomic E-state index is 0.896. The predicted octanol–water partition coefficient (Wildman–Crippen LogP) is 4.09. The molecule has 0 nitrogen and oxygen atoms in total. The molecule has 0 saturated heterocycles. The second-order valence-electron chi connectivity index (χ2n) is 4.64. The van der Waals surface area contributed by atoms with Crippen LogP contribution < -0.4 is 0 Å². The third kappa shape index (κ3) is 2.24. The van der Waals surface area contributed by atoms with Crippen LogP contribution in [0.3, 0.4) is 0 Å². The lowest BCUT2D eigenvalue weighted by Crippen LogP contribution is -2.14. The Morgan fingerprint density at radius 2 is 1.85 bits per heavy atom. The molecular formula is C13H20. The first-order chi connectivity index (χ1) is 6.36. The average molecular weight is 176 g/mol. The average Bonchev–Trinajstić information content (AvgIpc) is 2.20. The summed E-state index contributed by atoms with van der Waals surface area (Å²) in [6.07, 6.45) is 15.4. The quantitative estimate of drug-likeness (QED) is 0.564. The van der Waals surface area contributed by atoms with Crippen LogP contribution in [0.4, 0.5) is 0 Å². The number of rotatable bonds is 1. The Bertz CT molecular complexity index is 214. The van der Waals surface area contributed by atoms with Crippen molar-refractivity contribution in [2.45, 2.75) is 45.4 Å². The Morgan fingerprint density at radius 1 is 1.08 bits per heavy atom. The maximum absolute atomic E-state index is 2.46. The minimum Gasteiger partial charge on any atom is -0.0840 e. The molecule has 72 valence electrons. The van der Waals surface area contributed by atoms with Gasteiger partial charge in [-0.2, -0.15) is 0 Å². The zero-order valence-electron chi connectivity index (χ0n) is 8.63. The molecule has 0 N–H and O–H groups in total. The first-order valence-electron chi connectivity index (χ1n) is 5.73. The first kappa shape index (κ1) is 9.05. The van der Waals surface area contributed by atoms with Crippen molar-refractivity contribution in [3.05, 3.63) is 23.8 Å². The Balaban J connectivity index is 1.94. The van der Waals surface area contributed by atoms with Crippen molar-refractivity contribution in [2.75, 3.05) is 0 Å². The van der Waals surface area contributed by atoms with Crippen LogP contribution >= 0.6 is 0 Å². The van der Waals surface area contributed by atoms with Gasteiger partial charge in [0.2, 0.25) is 0 Å². The number of allylic oxidation sites excluding steroid dienone is 4. The minimum absolute atomic E-state index is 0.896. The molecule has 0 unspecified atom stereocenters. The lowest BCUT2D eigenvalue weighted by atomic mass is 9.78. The van der Waals surface area contributed by atoms with Gasteiger partial charge in [-0.05, 0) is 43.1 Å². The lowest BCUT2D eigenvalue weighted by molar-refractivity contribution is 0.322. The maximum Gasteiger partial charge on any atom is -0.0165 e. The highest BCUT2D eigenvalue weighted by Gasteiger charge is 2.20. The van der Waals surface area contributed by atoms with Gasteiger partial charge in [0.25, 0.3) is 0 Å². The van der Waals surface area contributed by atoms with E-state index >= 15 is 0 Å². The predicted molar refractivity (Wildman–Crippen MR) is 57.6 cm³/mol. The van der Waals surface area contributed by atoms with Gasteiger partial charge in [0.15, 0.2) is 0 Å². The molecule has 0 atom stereocenters. The standard InChI is InChI=1S/C13H20/c1-11-7-9-13(10-8-11)12-5-3-2-4-6-12/h3,5-6,11,13H,2,4,7-10H2,1H3. The second kappa shape index (κ2) is 4.13. The van der Waals surface area contributed by atoms with Gasteiger partial charge in [0.05, 0.1) is 0 Å². The molecule has 13 heavy (non-hydrogen) atoms. The van der Waals surface area contributed by atoms with E-state index < -0.39 is 0 Å². The SMILES string of the molecule is CC1CCC(C2=CCCC=C2)CC1. The van der Waals surface area contributed by atoms with Crippen LogP contribution in [-0.4, -0.2) is 0 Å². The molecule has 2 aliphatic rings. The molecule has 1 saturated carbocycles. The molecule has 0 aromatic rings. The summed E-state index contributed by atoms with van der Waals surface area (Å²) in [4.78, 5) is 0. The van der Waals surface area contributed by atoms with Crippen molar-refractivity contribution in [2.24, 2.45) is 11.8 Å². The Morgan fingerprint density at radius 3 is 2.46 bits per heavy atom. The number of hydrogen-bond donors (Lipinski definition) is 0. The normalized spacial score (nSPS) is 34.4. The van der Waals surface area contributed by atoms with Gasteiger partial charge in [0.1, 0.15) is 0 Å². The fraction of sp³-hybridized carbons (Fsp3) is 0.692. The smallest absolute Gasteiger partial charge is 0.0165 e. The topological polar surface area (TPSA) is 0 Å². The number of hydrogen-bond acceptors (Lipinski definition) is 0. The fourth-order valence-corrected chi connectivity index (χ4v) is 2.53. The van der Waals surface area contributed by atoms with Crippen LogP contribution in [0, 0.1) is 11.8 Å². The van der Waals surface area contributed by atoms with Crippen LogP contribution in [0.25, 0.3) is 0 Å². The van der Waals surface area contributed by atoms with Crippen molar-refractivity contribution in [1.82, 2.24) is 0 Å². The molecule has 0 heterocycles. The monoisotopic (exact) mass is 176 g/mol. The zero-order chi connectivity index (χ0) is 9.10. The van der Waals surface area contributed by atoms with Gasteiger partial charge in [0, 0.05) is 0 Å². The van der Waals surface area contributed by atoms with E-state index in [-0.39, 0.29) is 0 Å². The summed E-state index contributed by atoms with van der Waals surface area (Å²) in [5, 5.41) is 0. The van der Waals surface area contributed by atoms with Crippen LogP contribution in [0.2, 0.25) is 0 Å². The van der Waals surface area contributed by atoms with E-state index in [9.17, 15) is 0 Å². The van der Waals surface area contributed by atoms with Gasteiger partial charge in [-0.25, -0.2) is 0 Å². The van der Waals surface area contributed by atoms with Crippen molar-refractivity contribution in [3.8, 4) is 0 Å². The fourth-order valence-electron chi connectivity index (χ4n) is 2.53. The first-order valence-corrected chi connectivity index (χ1v) is 5.73. The summed E-state index contributed by atoms with van der Waals surface area (Å²) >= 11 is 0. The van der Waals surface area contributed by atoms with Gasteiger partial charge in [-0.1, -0.05) is 38.0 Å². The van der Waals surface area contributed by atoms with Crippen LogP contribution in [0.1, 0.15) is 45.4 Å². The molecule has 0 spiro atoms. The van der Waals surface area contributed by atoms with E-state index in [1.54, 1.807) is 5.57 Å². The molecule has 0 radical (unpaired) electrons. The molecule has 1 fully saturated rings. The summed E-state index contributed by atoms with van der Waals surface area (Å²) < 4.78 is 0. The molecule has 0 heteroatoms. The lowest BCUT2D eigenvalue weighted by Gasteiger charge is -2.27. The molecule has 0 aromatic heterocycles. The van der Waals surface area contributed by atoms with E-state index in [1.165, 1.54) is 38.5 Å². The second-order valence-corrected chi connectivity index (χ2v) is 4.64. The summed E-state index contributed by atoms with van der Waals surface area (Å²) in [7, 11) is 0. The molecule has 0 amide bonds. The van der Waals surface area contributed by atoms with E-state index in [4.69, 9.17) is 0 Å².